The van der Waals surface area contributed by atoms with E-state index in [-0.39, 0.29) is 64.0 Å². The Kier molecular flexibility index (Phi) is 19.9. The van der Waals surface area contributed by atoms with Crippen LogP contribution in [0.15, 0.2) is 72.8 Å². The lowest BCUT2D eigenvalue weighted by molar-refractivity contribution is -0.134. The van der Waals surface area contributed by atoms with Crippen LogP contribution in [-0.2, 0) is 54.5 Å². The number of anilines is 1. The fraction of sp³-hybridized carbons (Fsp3) is 0.277. The predicted molar refractivity (Wildman–Crippen MR) is 233 cm³/mol. The molecule has 0 saturated heterocycles. The molecule has 4 aromatic rings. The van der Waals surface area contributed by atoms with E-state index < -0.39 is 59.6 Å². The predicted octanol–water partition coefficient (Wildman–Crippen LogP) is 5.96. The van der Waals surface area contributed by atoms with Gasteiger partial charge in [-0.1, -0.05) is 25.1 Å². The zero-order chi connectivity index (χ0) is 50.0. The van der Waals surface area contributed by atoms with Gasteiger partial charge in [0.05, 0.1) is 0 Å². The standard InChI is InChI=1S/C33H31NO13.C14H17NO5/c1-17(35)42-27-10-7-23(13-30(27)45-20(4)38)26(24-8-11-28(43-18(2)36)31(14-24)46-21(5)39)16-33(41)34-25-9-12-29(44-19(3)37)32(15-25)47-22(6)40;1-4-14(18)15-8-11-5-6-12(19-9(2)16)13(7-11)20-10(3)17/h7-15,26H,16H2,1-6H3,(H,34,41);5-7H,4,8H2,1-3H3,(H,15,18). The van der Waals surface area contributed by atoms with Crippen molar-refractivity contribution < 1.29 is 85.8 Å². The van der Waals surface area contributed by atoms with E-state index in [1.54, 1.807) is 31.2 Å². The van der Waals surface area contributed by atoms with Crippen molar-refractivity contribution in [3.05, 3.63) is 89.5 Å². The Bertz CT molecular complexity index is 2490. The molecule has 4 rings (SSSR count). The summed E-state index contributed by atoms with van der Waals surface area (Å²) in [6.45, 7) is 11.6. The van der Waals surface area contributed by atoms with Crippen molar-refractivity contribution in [2.75, 3.05) is 5.32 Å². The average Bonchev–Trinajstić information content (AvgIpc) is 3.21. The summed E-state index contributed by atoms with van der Waals surface area (Å²) >= 11 is 0. The third-order valence-electron chi connectivity index (χ3n) is 8.21. The third-order valence-corrected chi connectivity index (χ3v) is 8.21. The largest absolute Gasteiger partial charge is 0.423 e. The van der Waals surface area contributed by atoms with Crippen LogP contribution in [0.2, 0.25) is 0 Å². The van der Waals surface area contributed by atoms with Crippen LogP contribution in [0.25, 0.3) is 0 Å². The van der Waals surface area contributed by atoms with E-state index in [0.29, 0.717) is 24.1 Å². The number of ether oxygens (including phenoxy) is 8. The van der Waals surface area contributed by atoms with Crippen molar-refractivity contribution in [3.8, 4) is 46.0 Å². The zero-order valence-electron chi connectivity index (χ0n) is 38.0. The number of esters is 8. The Labute approximate surface area is 384 Å². The normalized spacial score (nSPS) is 10.2. The lowest BCUT2D eigenvalue weighted by Crippen LogP contribution is -2.21. The van der Waals surface area contributed by atoms with Gasteiger partial charge in [0.15, 0.2) is 46.0 Å². The molecule has 2 amide bonds. The Morgan fingerprint density at radius 3 is 1.10 bits per heavy atom. The molecule has 0 fully saturated rings. The van der Waals surface area contributed by atoms with Crippen LogP contribution in [0.3, 0.4) is 0 Å². The van der Waals surface area contributed by atoms with E-state index in [1.165, 1.54) is 83.1 Å². The highest BCUT2D eigenvalue weighted by Gasteiger charge is 2.25. The van der Waals surface area contributed by atoms with Crippen LogP contribution in [0.4, 0.5) is 5.69 Å². The summed E-state index contributed by atoms with van der Waals surface area (Å²) < 4.78 is 41.0. The number of benzene rings is 4. The Morgan fingerprint density at radius 1 is 0.403 bits per heavy atom. The minimum atomic E-state index is -0.829. The molecule has 20 heteroatoms. The summed E-state index contributed by atoms with van der Waals surface area (Å²) in [5.41, 5.74) is 1.75. The number of amides is 2. The summed E-state index contributed by atoms with van der Waals surface area (Å²) in [7, 11) is 0. The van der Waals surface area contributed by atoms with Crippen molar-refractivity contribution in [2.45, 2.75) is 87.6 Å². The summed E-state index contributed by atoms with van der Waals surface area (Å²) in [4.78, 5) is 117. The summed E-state index contributed by atoms with van der Waals surface area (Å²) in [5.74, 6) is -6.69. The molecule has 0 aliphatic rings. The maximum absolute atomic E-state index is 13.5. The van der Waals surface area contributed by atoms with Gasteiger partial charge in [-0.25, -0.2) is 0 Å². The van der Waals surface area contributed by atoms with Crippen LogP contribution in [0.5, 0.6) is 46.0 Å². The SMILES string of the molecule is CC(=O)Oc1ccc(NC(=O)CC(c2ccc(OC(C)=O)c(OC(C)=O)c2)c2ccc(OC(C)=O)c(OC(C)=O)c2)cc1OC(C)=O.CCC(=O)NCc1ccc(OC(C)=O)c(OC(C)=O)c1. The fourth-order valence-electron chi connectivity index (χ4n) is 5.78. The molecule has 4 aromatic carbocycles. The van der Waals surface area contributed by atoms with Crippen molar-refractivity contribution in [1.82, 2.24) is 5.32 Å². The topological polar surface area (TPSA) is 269 Å². The van der Waals surface area contributed by atoms with Crippen LogP contribution >= 0.6 is 0 Å². The van der Waals surface area contributed by atoms with Crippen molar-refractivity contribution in [1.29, 1.82) is 0 Å². The van der Waals surface area contributed by atoms with Crippen LogP contribution in [0, 0.1) is 0 Å². The first kappa shape index (κ1) is 52.9. The summed E-state index contributed by atoms with van der Waals surface area (Å²) in [6.07, 6.45) is 0.121. The lowest BCUT2D eigenvalue weighted by atomic mass is 9.87. The number of hydrogen-bond acceptors (Lipinski definition) is 18. The average molecular weight is 929 g/mol. The van der Waals surface area contributed by atoms with E-state index in [9.17, 15) is 47.9 Å². The minimum absolute atomic E-state index is 0.0414. The molecule has 0 aliphatic heterocycles. The van der Waals surface area contributed by atoms with E-state index in [2.05, 4.69) is 10.6 Å². The second-order valence-electron chi connectivity index (χ2n) is 14.0. The highest BCUT2D eigenvalue weighted by molar-refractivity contribution is 5.92. The third kappa shape index (κ3) is 18.3. The van der Waals surface area contributed by atoms with Gasteiger partial charge in [0.25, 0.3) is 0 Å². The first-order valence-electron chi connectivity index (χ1n) is 20.1. The van der Waals surface area contributed by atoms with Gasteiger partial charge in [0.1, 0.15) is 0 Å². The molecule has 0 radical (unpaired) electrons. The van der Waals surface area contributed by atoms with Gasteiger partial charge in [-0.2, -0.15) is 0 Å². The molecule has 0 saturated carbocycles. The van der Waals surface area contributed by atoms with Crippen LogP contribution in [0.1, 0.15) is 97.8 Å². The van der Waals surface area contributed by atoms with Gasteiger partial charge in [-0.05, 0) is 65.2 Å². The molecule has 20 nitrogen and oxygen atoms in total. The van der Waals surface area contributed by atoms with E-state index in [4.69, 9.17) is 37.9 Å². The van der Waals surface area contributed by atoms with E-state index >= 15 is 0 Å². The maximum Gasteiger partial charge on any atom is 0.308 e. The molecule has 0 aliphatic carbocycles. The van der Waals surface area contributed by atoms with Gasteiger partial charge in [-0.3, -0.25) is 47.9 Å². The number of rotatable bonds is 16. The van der Waals surface area contributed by atoms with Crippen molar-refractivity contribution >= 4 is 65.3 Å². The zero-order valence-corrected chi connectivity index (χ0v) is 38.0. The summed E-state index contributed by atoms with van der Waals surface area (Å²) in [6, 6.07) is 17.5. The maximum atomic E-state index is 13.5. The summed E-state index contributed by atoms with van der Waals surface area (Å²) in [5, 5.41) is 5.40. The van der Waals surface area contributed by atoms with Gasteiger partial charge >= 0.3 is 47.8 Å². The Hall–Kier alpha value is -8.42. The first-order valence-corrected chi connectivity index (χ1v) is 20.1. The number of carbonyl (C=O) groups excluding carboxylic acids is 10. The molecule has 2 N–H and O–H groups in total. The van der Waals surface area contributed by atoms with Gasteiger partial charge in [0.2, 0.25) is 11.8 Å². The molecule has 0 atom stereocenters. The van der Waals surface area contributed by atoms with E-state index in [0.717, 1.165) is 26.3 Å². The first-order chi connectivity index (χ1) is 31.5. The molecular formula is C47H48N2O18. The highest BCUT2D eigenvalue weighted by atomic mass is 16.6. The minimum Gasteiger partial charge on any atom is -0.423 e. The molecule has 67 heavy (non-hydrogen) atoms. The van der Waals surface area contributed by atoms with Crippen LogP contribution in [-0.4, -0.2) is 59.6 Å². The van der Waals surface area contributed by atoms with Gasteiger partial charge < -0.3 is 48.5 Å². The number of hydrogen-bond donors (Lipinski definition) is 2. The Morgan fingerprint density at radius 2 is 0.731 bits per heavy atom. The molecule has 354 valence electrons. The second-order valence-corrected chi connectivity index (χ2v) is 14.0. The number of carbonyl (C=O) groups is 10. The van der Waals surface area contributed by atoms with Crippen LogP contribution < -0.4 is 48.5 Å². The molecule has 0 heterocycles. The van der Waals surface area contributed by atoms with Gasteiger partial charge in [0, 0.05) is 92.4 Å². The molecule has 0 bridgehead atoms. The quantitative estimate of drug-likeness (QED) is 0.0968. The molecule has 0 aromatic heterocycles. The molecule has 0 spiro atoms. The Balaban J connectivity index is 0.000000496. The van der Waals surface area contributed by atoms with E-state index in [1.807, 2.05) is 0 Å². The molecular weight excluding hydrogens is 881 g/mol. The fourth-order valence-corrected chi connectivity index (χ4v) is 5.78. The van der Waals surface area contributed by atoms with Crippen molar-refractivity contribution in [2.24, 2.45) is 0 Å². The lowest BCUT2D eigenvalue weighted by Gasteiger charge is -2.21. The smallest absolute Gasteiger partial charge is 0.308 e. The monoisotopic (exact) mass is 928 g/mol. The molecule has 0 unspecified atom stereocenters. The van der Waals surface area contributed by atoms with Crippen molar-refractivity contribution in [3.63, 3.8) is 0 Å². The van der Waals surface area contributed by atoms with Gasteiger partial charge in [-0.15, -0.1) is 0 Å². The highest BCUT2D eigenvalue weighted by Crippen LogP contribution is 2.40. The second kappa shape index (κ2) is 25.2. The number of nitrogens with one attached hydrogen (secondary N) is 2.